The zero-order chi connectivity index (χ0) is 17.5. The smallest absolute Gasteiger partial charge is 0.257 e. The largest absolute Gasteiger partial charge is 0.490 e. The molecule has 0 spiro atoms. The van der Waals surface area contributed by atoms with Crippen molar-refractivity contribution in [2.75, 3.05) is 40.0 Å². The molecule has 0 N–H and O–H groups in total. The van der Waals surface area contributed by atoms with E-state index in [1.807, 2.05) is 30.3 Å². The summed E-state index contributed by atoms with van der Waals surface area (Å²) in [4.78, 5) is 22.2. The molecule has 1 fully saturated rings. The summed E-state index contributed by atoms with van der Waals surface area (Å²) in [5, 5.41) is 0. The Morgan fingerprint density at radius 1 is 1.28 bits per heavy atom. The van der Waals surface area contributed by atoms with Crippen molar-refractivity contribution in [3.63, 3.8) is 0 Å². The molecule has 132 valence electrons. The summed E-state index contributed by atoms with van der Waals surface area (Å²) in [5.41, 5.74) is -0.296. The number of benzene rings is 1. The third kappa shape index (κ3) is 4.32. The molecule has 2 heterocycles. The lowest BCUT2D eigenvalue weighted by molar-refractivity contribution is -0.0898. The summed E-state index contributed by atoms with van der Waals surface area (Å²) in [6.45, 7) is 1.91. The molecule has 0 saturated carbocycles. The van der Waals surface area contributed by atoms with Crippen molar-refractivity contribution in [2.24, 2.45) is 0 Å². The fourth-order valence-electron chi connectivity index (χ4n) is 2.67. The molecule has 1 aromatic carbocycles. The summed E-state index contributed by atoms with van der Waals surface area (Å²) in [5.74, 6) is 0.602. The van der Waals surface area contributed by atoms with Gasteiger partial charge in [0.1, 0.15) is 24.3 Å². The first-order valence-corrected chi connectivity index (χ1v) is 8.07. The number of hydrogen-bond acceptors (Lipinski definition) is 6. The molecule has 1 amide bonds. The maximum Gasteiger partial charge on any atom is 0.257 e. The first-order valence-electron chi connectivity index (χ1n) is 8.07. The molecule has 0 radical (unpaired) electrons. The van der Waals surface area contributed by atoms with Crippen molar-refractivity contribution >= 4 is 5.91 Å². The Morgan fingerprint density at radius 2 is 2.04 bits per heavy atom. The molecule has 1 aliphatic rings. The molecular formula is C18H21N3O4. The second-order valence-corrected chi connectivity index (χ2v) is 5.90. The zero-order valence-corrected chi connectivity index (χ0v) is 14.1. The Balaban J connectivity index is 1.73. The lowest BCUT2D eigenvalue weighted by Gasteiger charge is -2.33. The SMILES string of the molecule is CO[C@@]1(COc2ccccc2)COCCN(C(=O)c2cncnc2)C1. The van der Waals surface area contributed by atoms with Crippen LogP contribution in [0.2, 0.25) is 0 Å². The quantitative estimate of drug-likeness (QED) is 0.817. The number of carbonyl (C=O) groups excluding carboxylic acids is 1. The maximum absolute atomic E-state index is 12.7. The molecule has 25 heavy (non-hydrogen) atoms. The maximum atomic E-state index is 12.7. The van der Waals surface area contributed by atoms with Crippen LogP contribution in [0.4, 0.5) is 0 Å². The van der Waals surface area contributed by atoms with Gasteiger partial charge < -0.3 is 19.1 Å². The normalized spacial score (nSPS) is 20.8. The molecule has 7 nitrogen and oxygen atoms in total. The third-order valence-electron chi connectivity index (χ3n) is 4.12. The van der Waals surface area contributed by atoms with E-state index in [1.165, 1.54) is 18.7 Å². The zero-order valence-electron chi connectivity index (χ0n) is 14.1. The topological polar surface area (TPSA) is 73.8 Å². The fraction of sp³-hybridized carbons (Fsp3) is 0.389. The minimum atomic E-state index is -0.738. The van der Waals surface area contributed by atoms with E-state index in [2.05, 4.69) is 9.97 Å². The average molecular weight is 343 g/mol. The van der Waals surface area contributed by atoms with Crippen molar-refractivity contribution in [1.82, 2.24) is 14.9 Å². The van der Waals surface area contributed by atoms with Crippen molar-refractivity contribution < 1.29 is 19.0 Å². The van der Waals surface area contributed by atoms with Crippen LogP contribution in [0, 0.1) is 0 Å². The van der Waals surface area contributed by atoms with E-state index in [-0.39, 0.29) is 12.5 Å². The van der Waals surface area contributed by atoms with Gasteiger partial charge in [-0.05, 0) is 12.1 Å². The molecule has 0 bridgehead atoms. The van der Waals surface area contributed by atoms with Crippen molar-refractivity contribution in [3.05, 3.63) is 54.6 Å². The van der Waals surface area contributed by atoms with Gasteiger partial charge in [-0.15, -0.1) is 0 Å². The summed E-state index contributed by atoms with van der Waals surface area (Å²) in [6.07, 6.45) is 4.42. The van der Waals surface area contributed by atoms with Crippen LogP contribution in [0.1, 0.15) is 10.4 Å². The molecule has 1 saturated heterocycles. The standard InChI is InChI=1S/C18H21N3O4/c1-23-18(13-25-16-5-3-2-4-6-16)11-21(7-8-24-12-18)17(22)15-9-19-14-20-10-15/h2-6,9-10,14H,7-8,11-13H2,1H3/t18-/m1/s1. The molecule has 1 atom stereocenters. The summed E-state index contributed by atoms with van der Waals surface area (Å²) in [6, 6.07) is 9.50. The third-order valence-corrected chi connectivity index (χ3v) is 4.12. The molecule has 3 rings (SSSR count). The Bertz CT molecular complexity index is 683. The number of ether oxygens (including phenoxy) is 3. The summed E-state index contributed by atoms with van der Waals surface area (Å²) >= 11 is 0. The van der Waals surface area contributed by atoms with Crippen molar-refractivity contribution in [2.45, 2.75) is 5.60 Å². The number of aromatic nitrogens is 2. The van der Waals surface area contributed by atoms with E-state index in [9.17, 15) is 4.79 Å². The average Bonchev–Trinajstić information content (AvgIpc) is 2.91. The highest BCUT2D eigenvalue weighted by Crippen LogP contribution is 2.20. The second-order valence-electron chi connectivity index (χ2n) is 5.90. The first-order chi connectivity index (χ1) is 12.2. The van der Waals surface area contributed by atoms with Crippen LogP contribution in [0.25, 0.3) is 0 Å². The van der Waals surface area contributed by atoms with E-state index in [1.54, 1.807) is 12.0 Å². The molecule has 2 aromatic rings. The Morgan fingerprint density at radius 3 is 2.76 bits per heavy atom. The summed E-state index contributed by atoms with van der Waals surface area (Å²) < 4.78 is 17.3. The number of hydrogen-bond donors (Lipinski definition) is 0. The van der Waals surface area contributed by atoms with Crippen molar-refractivity contribution in [1.29, 1.82) is 0 Å². The Kier molecular flexibility index (Phi) is 5.57. The van der Waals surface area contributed by atoms with E-state index in [0.29, 0.717) is 31.9 Å². The van der Waals surface area contributed by atoms with Crippen LogP contribution in [-0.4, -0.2) is 66.4 Å². The van der Waals surface area contributed by atoms with E-state index in [0.717, 1.165) is 5.75 Å². The number of para-hydroxylation sites is 1. The molecule has 1 aliphatic heterocycles. The number of amides is 1. The van der Waals surface area contributed by atoms with Crippen LogP contribution in [0.15, 0.2) is 49.1 Å². The minimum absolute atomic E-state index is 0.146. The molecule has 0 aliphatic carbocycles. The molecular weight excluding hydrogens is 322 g/mol. The van der Waals surface area contributed by atoms with Crippen LogP contribution in [0.3, 0.4) is 0 Å². The molecule has 0 unspecified atom stereocenters. The van der Waals surface area contributed by atoms with E-state index >= 15 is 0 Å². The van der Waals surface area contributed by atoms with Crippen LogP contribution < -0.4 is 4.74 Å². The van der Waals surface area contributed by atoms with Gasteiger partial charge in [0.25, 0.3) is 5.91 Å². The first kappa shape index (κ1) is 17.3. The predicted octanol–water partition coefficient (Wildman–Crippen LogP) is 1.41. The van der Waals surface area contributed by atoms with Gasteiger partial charge in [0.15, 0.2) is 0 Å². The molecule has 1 aromatic heterocycles. The molecule has 7 heteroatoms. The highest BCUT2D eigenvalue weighted by atomic mass is 16.6. The van der Waals surface area contributed by atoms with Gasteiger partial charge in [-0.3, -0.25) is 4.79 Å². The lowest BCUT2D eigenvalue weighted by Crippen LogP contribution is -2.51. The van der Waals surface area contributed by atoms with Gasteiger partial charge in [-0.25, -0.2) is 9.97 Å². The predicted molar refractivity (Wildman–Crippen MR) is 90.4 cm³/mol. The van der Waals surface area contributed by atoms with E-state index < -0.39 is 5.60 Å². The second kappa shape index (κ2) is 8.04. The van der Waals surface area contributed by atoms with Gasteiger partial charge in [-0.2, -0.15) is 0 Å². The Hall–Kier alpha value is -2.51. The Labute approximate surface area is 146 Å². The number of rotatable bonds is 5. The van der Waals surface area contributed by atoms with Gasteiger partial charge in [-0.1, -0.05) is 18.2 Å². The number of nitrogens with zero attached hydrogens (tertiary/aromatic N) is 3. The van der Waals surface area contributed by atoms with Gasteiger partial charge >= 0.3 is 0 Å². The summed E-state index contributed by atoms with van der Waals surface area (Å²) in [7, 11) is 1.61. The minimum Gasteiger partial charge on any atom is -0.490 e. The monoisotopic (exact) mass is 343 g/mol. The fourth-order valence-corrected chi connectivity index (χ4v) is 2.67. The number of methoxy groups -OCH3 is 1. The highest BCUT2D eigenvalue weighted by molar-refractivity contribution is 5.93. The van der Waals surface area contributed by atoms with Gasteiger partial charge in [0.05, 0.1) is 25.3 Å². The highest BCUT2D eigenvalue weighted by Gasteiger charge is 2.38. The number of carbonyl (C=O) groups is 1. The van der Waals surface area contributed by atoms with Gasteiger partial charge in [0.2, 0.25) is 0 Å². The van der Waals surface area contributed by atoms with Crippen molar-refractivity contribution in [3.8, 4) is 5.75 Å². The van der Waals surface area contributed by atoms with Crippen LogP contribution in [0.5, 0.6) is 5.75 Å². The lowest BCUT2D eigenvalue weighted by atomic mass is 10.1. The van der Waals surface area contributed by atoms with Crippen LogP contribution >= 0.6 is 0 Å². The van der Waals surface area contributed by atoms with Gasteiger partial charge in [0, 0.05) is 26.0 Å². The van der Waals surface area contributed by atoms with E-state index in [4.69, 9.17) is 14.2 Å². The van der Waals surface area contributed by atoms with Crippen LogP contribution in [-0.2, 0) is 9.47 Å².